The molecular formula is C18H19F2N2O3P. The number of carbonyl (C=O) groups is 2. The zero-order valence-electron chi connectivity index (χ0n) is 14.1. The molecule has 0 saturated carbocycles. The number of benzene rings is 2. The van der Waals surface area contributed by atoms with Gasteiger partial charge in [0.25, 0.3) is 8.46 Å². The Bertz CT molecular complexity index is 744. The van der Waals surface area contributed by atoms with Crippen molar-refractivity contribution in [2.24, 2.45) is 5.73 Å². The van der Waals surface area contributed by atoms with Crippen LogP contribution in [-0.4, -0.2) is 31.0 Å². The van der Waals surface area contributed by atoms with Crippen molar-refractivity contribution in [3.63, 3.8) is 0 Å². The fourth-order valence-corrected chi connectivity index (χ4v) is 3.05. The third-order valence-corrected chi connectivity index (χ3v) is 4.33. The van der Waals surface area contributed by atoms with Gasteiger partial charge in [-0.2, -0.15) is 4.20 Å². The molecule has 8 heteroatoms. The fraction of sp³-hybridized carbons (Fsp3) is 0.222. The molecule has 0 aliphatic heterocycles. The molecule has 2 aromatic rings. The third-order valence-electron chi connectivity index (χ3n) is 3.92. The van der Waals surface area contributed by atoms with E-state index in [2.05, 4.69) is 5.32 Å². The van der Waals surface area contributed by atoms with E-state index in [4.69, 9.17) is 10.3 Å². The lowest BCUT2D eigenvalue weighted by atomic mass is 9.79. The van der Waals surface area contributed by atoms with Gasteiger partial charge in [0.1, 0.15) is 5.82 Å². The van der Waals surface area contributed by atoms with Crippen LogP contribution >= 0.6 is 8.46 Å². The number of rotatable bonds is 8. The Balaban J connectivity index is 2.53. The van der Waals surface area contributed by atoms with E-state index in [1.54, 1.807) is 30.3 Å². The maximum atomic E-state index is 13.4. The highest BCUT2D eigenvalue weighted by Crippen LogP contribution is 2.39. The lowest BCUT2D eigenvalue weighted by Gasteiger charge is -2.35. The summed E-state index contributed by atoms with van der Waals surface area (Å²) in [5.74, 6) is -2.45. The number of carbonyl (C=O) groups excluding carboxylic acids is 2. The predicted molar refractivity (Wildman–Crippen MR) is 97.1 cm³/mol. The summed E-state index contributed by atoms with van der Waals surface area (Å²) in [6, 6.07) is 13.7. The van der Waals surface area contributed by atoms with Gasteiger partial charge in [-0.25, -0.2) is 9.18 Å². The van der Waals surface area contributed by atoms with Gasteiger partial charge in [-0.05, 0) is 29.8 Å². The van der Waals surface area contributed by atoms with Crippen molar-refractivity contribution >= 4 is 26.4 Å². The average Bonchev–Trinajstić information content (AvgIpc) is 2.63. The summed E-state index contributed by atoms with van der Waals surface area (Å²) in [5, 5.41) is 2.84. The molecule has 0 saturated heterocycles. The van der Waals surface area contributed by atoms with Crippen LogP contribution in [-0.2, 0) is 14.1 Å². The van der Waals surface area contributed by atoms with Gasteiger partial charge in [0.15, 0.2) is 11.8 Å². The second kappa shape index (κ2) is 8.83. The quantitative estimate of drug-likeness (QED) is 0.417. The van der Waals surface area contributed by atoms with Gasteiger partial charge in [0, 0.05) is 24.8 Å². The van der Waals surface area contributed by atoms with Crippen LogP contribution in [0.4, 0.5) is 14.3 Å². The molecule has 138 valence electrons. The van der Waals surface area contributed by atoms with E-state index in [0.717, 1.165) is 6.66 Å². The molecule has 0 fully saturated rings. The molecule has 2 rings (SSSR count). The highest BCUT2D eigenvalue weighted by molar-refractivity contribution is 7.46. The molecular weight excluding hydrogens is 361 g/mol. The predicted octanol–water partition coefficient (Wildman–Crippen LogP) is 3.37. The lowest BCUT2D eigenvalue weighted by molar-refractivity contribution is -0.142. The Morgan fingerprint density at radius 1 is 1.27 bits per heavy atom. The van der Waals surface area contributed by atoms with Crippen molar-refractivity contribution in [1.29, 1.82) is 0 Å². The van der Waals surface area contributed by atoms with E-state index >= 15 is 0 Å². The Morgan fingerprint density at radius 3 is 2.38 bits per heavy atom. The first kappa shape index (κ1) is 19.9. The maximum Gasteiger partial charge on any atom is 0.344 e. The van der Waals surface area contributed by atoms with Gasteiger partial charge in [-0.1, -0.05) is 30.3 Å². The largest absolute Gasteiger partial charge is 0.411 e. The second-order valence-corrected chi connectivity index (χ2v) is 6.64. The molecule has 3 N–H and O–H groups in total. The van der Waals surface area contributed by atoms with Crippen molar-refractivity contribution in [1.82, 2.24) is 0 Å². The molecule has 26 heavy (non-hydrogen) atoms. The Morgan fingerprint density at radius 2 is 1.88 bits per heavy atom. The van der Waals surface area contributed by atoms with E-state index in [0.29, 0.717) is 17.5 Å². The van der Waals surface area contributed by atoms with E-state index < -0.39 is 31.7 Å². The van der Waals surface area contributed by atoms with Crippen LogP contribution in [0.1, 0.15) is 11.5 Å². The summed E-state index contributed by atoms with van der Waals surface area (Å²) in [6.07, 6.45) is 0.363. The molecule has 3 atom stereocenters. The number of nitrogens with one attached hydrogen (secondary N) is 1. The maximum absolute atomic E-state index is 13.4. The van der Waals surface area contributed by atoms with E-state index in [9.17, 15) is 18.2 Å². The third kappa shape index (κ3) is 4.42. The van der Waals surface area contributed by atoms with Crippen LogP contribution in [0, 0.1) is 5.82 Å². The fourth-order valence-electron chi connectivity index (χ4n) is 2.67. The van der Waals surface area contributed by atoms with Crippen molar-refractivity contribution < 1.29 is 22.7 Å². The van der Waals surface area contributed by atoms with E-state index in [1.165, 1.54) is 24.3 Å². The minimum Gasteiger partial charge on any atom is -0.411 e. The SMILES string of the molecule is CP(F)OC(=O)C(C=O)(Nc1ccccc1)C(CN)c1ccc(F)cc1. The summed E-state index contributed by atoms with van der Waals surface area (Å²) < 4.78 is 31.4. The standard InChI is InChI=1S/C18H19F2N2O3P/c1-26(20)25-17(24)18(12-23,22-15-5-3-2-4-6-15)16(11-21)13-7-9-14(19)10-8-13/h2-10,12,16,22H,11,21H2,1H3. The van der Waals surface area contributed by atoms with Crippen molar-refractivity contribution in [3.8, 4) is 0 Å². The van der Waals surface area contributed by atoms with Crippen LogP contribution in [0.25, 0.3) is 0 Å². The molecule has 0 radical (unpaired) electrons. The first-order valence-electron chi connectivity index (χ1n) is 7.80. The molecule has 2 aromatic carbocycles. The molecule has 3 unspecified atom stereocenters. The van der Waals surface area contributed by atoms with Crippen LogP contribution < -0.4 is 11.1 Å². The van der Waals surface area contributed by atoms with E-state index in [1.807, 2.05) is 0 Å². The highest BCUT2D eigenvalue weighted by atomic mass is 31.2. The summed E-state index contributed by atoms with van der Waals surface area (Å²) in [7, 11) is -2.54. The minimum absolute atomic E-state index is 0.132. The summed E-state index contributed by atoms with van der Waals surface area (Å²) in [5.41, 5.74) is 4.78. The number of hydrogen-bond acceptors (Lipinski definition) is 5. The summed E-state index contributed by atoms with van der Waals surface area (Å²) in [4.78, 5) is 24.8. The van der Waals surface area contributed by atoms with Crippen LogP contribution in [0.15, 0.2) is 54.6 Å². The average molecular weight is 380 g/mol. The minimum atomic E-state index is -2.54. The van der Waals surface area contributed by atoms with Gasteiger partial charge in [0.2, 0.25) is 0 Å². The number of aldehydes is 1. The molecule has 0 aromatic heterocycles. The zero-order valence-corrected chi connectivity index (χ0v) is 15.0. The van der Waals surface area contributed by atoms with Crippen molar-refractivity contribution in [2.45, 2.75) is 11.5 Å². The first-order chi connectivity index (χ1) is 12.4. The molecule has 0 amide bonds. The monoisotopic (exact) mass is 380 g/mol. The molecule has 0 bridgehead atoms. The van der Waals surface area contributed by atoms with Crippen molar-refractivity contribution in [3.05, 3.63) is 66.0 Å². The Hall–Kier alpha value is -2.37. The normalized spacial score (nSPS) is 15.4. The van der Waals surface area contributed by atoms with Gasteiger partial charge >= 0.3 is 5.97 Å². The smallest absolute Gasteiger partial charge is 0.344 e. The zero-order chi connectivity index (χ0) is 19.2. The van der Waals surface area contributed by atoms with Crippen LogP contribution in [0.2, 0.25) is 0 Å². The molecule has 0 aliphatic carbocycles. The second-order valence-electron chi connectivity index (χ2n) is 5.62. The molecule has 5 nitrogen and oxygen atoms in total. The van der Waals surface area contributed by atoms with Crippen LogP contribution in [0.3, 0.4) is 0 Å². The van der Waals surface area contributed by atoms with Crippen molar-refractivity contribution in [2.75, 3.05) is 18.5 Å². The number of nitrogens with two attached hydrogens (primary N) is 1. The lowest BCUT2D eigenvalue weighted by Crippen LogP contribution is -2.55. The van der Waals surface area contributed by atoms with Gasteiger partial charge in [-0.3, -0.25) is 0 Å². The number of halogens is 2. The molecule has 0 aliphatic rings. The van der Waals surface area contributed by atoms with Crippen LogP contribution in [0.5, 0.6) is 0 Å². The Kier molecular flexibility index (Phi) is 6.77. The molecule has 0 heterocycles. The number of anilines is 1. The van der Waals surface area contributed by atoms with Gasteiger partial charge in [-0.15, -0.1) is 0 Å². The molecule has 0 spiro atoms. The van der Waals surface area contributed by atoms with Gasteiger partial charge in [0.05, 0.1) is 0 Å². The summed E-state index contributed by atoms with van der Waals surface area (Å²) >= 11 is 0. The van der Waals surface area contributed by atoms with Gasteiger partial charge < -0.3 is 20.4 Å². The highest BCUT2D eigenvalue weighted by Gasteiger charge is 2.48. The number of hydrogen-bond donors (Lipinski definition) is 2. The Labute approximate surface area is 151 Å². The topological polar surface area (TPSA) is 81.4 Å². The number of para-hydroxylation sites is 1. The first-order valence-corrected chi connectivity index (χ1v) is 9.39. The summed E-state index contributed by atoms with van der Waals surface area (Å²) in [6.45, 7) is 0.966. The van der Waals surface area contributed by atoms with E-state index in [-0.39, 0.29) is 6.54 Å².